The zero-order chi connectivity index (χ0) is 13.2. The molecule has 0 aromatic heterocycles. The summed E-state index contributed by atoms with van der Waals surface area (Å²) >= 11 is 6.15. The van der Waals surface area contributed by atoms with Crippen LogP contribution in [0.2, 0.25) is 0 Å². The summed E-state index contributed by atoms with van der Waals surface area (Å²) in [5, 5.41) is 0.313. The highest BCUT2D eigenvalue weighted by Gasteiger charge is 2.38. The molecule has 2 aliphatic carbocycles. The third-order valence-electron chi connectivity index (χ3n) is 5.53. The molecule has 1 aliphatic heterocycles. The molecule has 3 rings (SSSR count). The van der Waals surface area contributed by atoms with Gasteiger partial charge in [-0.25, -0.2) is 0 Å². The van der Waals surface area contributed by atoms with E-state index in [-0.39, 0.29) is 5.92 Å². The standard InChI is InChI=1S/C16H26ClNO/c17-14-9-7-13(8-10-14)16(19)18-11-3-6-15(18)12-4-1-2-5-12/h12-15H,1-11H2. The van der Waals surface area contributed by atoms with Crippen molar-refractivity contribution in [3.05, 3.63) is 0 Å². The summed E-state index contributed by atoms with van der Waals surface area (Å²) in [6.07, 6.45) is 12.0. The quantitative estimate of drug-likeness (QED) is 0.702. The smallest absolute Gasteiger partial charge is 0.225 e. The zero-order valence-corrected chi connectivity index (χ0v) is 12.6. The van der Waals surface area contributed by atoms with Crippen LogP contribution in [0.15, 0.2) is 0 Å². The Hall–Kier alpha value is -0.240. The highest BCUT2D eigenvalue weighted by atomic mass is 35.5. The fourth-order valence-electron chi connectivity index (χ4n) is 4.43. The van der Waals surface area contributed by atoms with Crippen molar-refractivity contribution in [2.45, 2.75) is 75.6 Å². The van der Waals surface area contributed by atoms with E-state index in [1.54, 1.807) is 0 Å². The summed E-state index contributed by atoms with van der Waals surface area (Å²) in [4.78, 5) is 15.0. The number of carbonyl (C=O) groups excluding carboxylic acids is 1. The van der Waals surface area contributed by atoms with Gasteiger partial charge in [-0.05, 0) is 57.3 Å². The maximum absolute atomic E-state index is 12.8. The van der Waals surface area contributed by atoms with Crippen molar-refractivity contribution in [2.75, 3.05) is 6.54 Å². The molecule has 0 aromatic rings. The van der Waals surface area contributed by atoms with E-state index in [9.17, 15) is 4.79 Å². The first-order valence-corrected chi connectivity index (χ1v) is 8.64. The summed E-state index contributed by atoms with van der Waals surface area (Å²) in [5.41, 5.74) is 0. The molecule has 2 nitrogen and oxygen atoms in total. The lowest BCUT2D eigenvalue weighted by Gasteiger charge is -2.34. The Balaban J connectivity index is 1.61. The molecule has 19 heavy (non-hydrogen) atoms. The molecule has 3 aliphatic rings. The van der Waals surface area contributed by atoms with Crippen molar-refractivity contribution < 1.29 is 4.79 Å². The number of likely N-dealkylation sites (tertiary alicyclic amines) is 1. The highest BCUT2D eigenvalue weighted by Crippen LogP contribution is 2.37. The van der Waals surface area contributed by atoms with Gasteiger partial charge in [0.1, 0.15) is 0 Å². The van der Waals surface area contributed by atoms with Crippen molar-refractivity contribution in [1.82, 2.24) is 4.90 Å². The first kappa shape index (κ1) is 13.7. The Bertz CT molecular complexity index is 319. The van der Waals surface area contributed by atoms with Gasteiger partial charge in [0.15, 0.2) is 0 Å². The lowest BCUT2D eigenvalue weighted by molar-refractivity contribution is -0.138. The minimum absolute atomic E-state index is 0.275. The van der Waals surface area contributed by atoms with Crippen LogP contribution in [-0.2, 0) is 4.79 Å². The number of amides is 1. The average Bonchev–Trinajstić information content (AvgIpc) is 3.09. The molecule has 1 atom stereocenters. The predicted octanol–water partition coefficient (Wildman–Crippen LogP) is 3.97. The van der Waals surface area contributed by atoms with Gasteiger partial charge in [-0.2, -0.15) is 0 Å². The second-order valence-electron chi connectivity index (χ2n) is 6.73. The highest BCUT2D eigenvalue weighted by molar-refractivity contribution is 6.20. The lowest BCUT2D eigenvalue weighted by Crippen LogP contribution is -2.43. The Morgan fingerprint density at radius 3 is 2.26 bits per heavy atom. The summed E-state index contributed by atoms with van der Waals surface area (Å²) < 4.78 is 0. The van der Waals surface area contributed by atoms with Crippen molar-refractivity contribution in [3.63, 3.8) is 0 Å². The van der Waals surface area contributed by atoms with Gasteiger partial charge in [0.05, 0.1) is 0 Å². The monoisotopic (exact) mass is 283 g/mol. The van der Waals surface area contributed by atoms with E-state index >= 15 is 0 Å². The van der Waals surface area contributed by atoms with E-state index in [0.29, 0.717) is 17.3 Å². The molecule has 0 radical (unpaired) electrons. The molecule has 0 spiro atoms. The molecule has 3 fully saturated rings. The number of nitrogens with zero attached hydrogens (tertiary/aromatic N) is 1. The summed E-state index contributed by atoms with van der Waals surface area (Å²) in [5.74, 6) is 1.53. The molecule has 1 amide bonds. The fourth-order valence-corrected chi connectivity index (χ4v) is 4.68. The maximum Gasteiger partial charge on any atom is 0.225 e. The molecule has 2 saturated carbocycles. The predicted molar refractivity (Wildman–Crippen MR) is 78.3 cm³/mol. The Kier molecular flexibility index (Phi) is 4.36. The number of rotatable bonds is 2. The molecular weight excluding hydrogens is 258 g/mol. The summed E-state index contributed by atoms with van der Waals surface area (Å²) in [6, 6.07) is 0.573. The topological polar surface area (TPSA) is 20.3 Å². The van der Waals surface area contributed by atoms with E-state index < -0.39 is 0 Å². The lowest BCUT2D eigenvalue weighted by atomic mass is 9.87. The fraction of sp³-hybridized carbons (Fsp3) is 0.938. The van der Waals surface area contributed by atoms with Crippen LogP contribution in [0.1, 0.15) is 64.2 Å². The molecule has 3 heteroatoms. The third-order valence-corrected chi connectivity index (χ3v) is 5.97. The van der Waals surface area contributed by atoms with Crippen molar-refractivity contribution >= 4 is 17.5 Å². The van der Waals surface area contributed by atoms with Gasteiger partial charge in [-0.3, -0.25) is 4.79 Å². The van der Waals surface area contributed by atoms with E-state index in [4.69, 9.17) is 11.6 Å². The molecule has 1 heterocycles. The van der Waals surface area contributed by atoms with Gasteiger partial charge < -0.3 is 4.90 Å². The largest absolute Gasteiger partial charge is 0.339 e. The van der Waals surface area contributed by atoms with Gasteiger partial charge in [0.25, 0.3) is 0 Å². The van der Waals surface area contributed by atoms with Crippen molar-refractivity contribution in [2.24, 2.45) is 11.8 Å². The van der Waals surface area contributed by atoms with Crippen LogP contribution in [0.5, 0.6) is 0 Å². The van der Waals surface area contributed by atoms with Gasteiger partial charge in [0, 0.05) is 23.9 Å². The first-order chi connectivity index (χ1) is 9.25. The Morgan fingerprint density at radius 1 is 0.895 bits per heavy atom. The van der Waals surface area contributed by atoms with E-state index in [1.165, 1.54) is 38.5 Å². The van der Waals surface area contributed by atoms with Crippen LogP contribution in [0.4, 0.5) is 0 Å². The number of hydrogen-bond donors (Lipinski definition) is 0. The minimum atomic E-state index is 0.275. The van der Waals surface area contributed by atoms with Gasteiger partial charge >= 0.3 is 0 Å². The number of carbonyl (C=O) groups is 1. The molecule has 1 saturated heterocycles. The SMILES string of the molecule is O=C(C1CCC(Cl)CC1)N1CCCC1C1CCCC1. The van der Waals surface area contributed by atoms with Crippen LogP contribution >= 0.6 is 11.6 Å². The van der Waals surface area contributed by atoms with Gasteiger partial charge in [-0.15, -0.1) is 11.6 Å². The summed E-state index contributed by atoms with van der Waals surface area (Å²) in [6.45, 7) is 1.01. The van der Waals surface area contributed by atoms with Crippen molar-refractivity contribution in [3.8, 4) is 0 Å². The van der Waals surface area contributed by atoms with Crippen LogP contribution in [0.3, 0.4) is 0 Å². The van der Waals surface area contributed by atoms with Crippen LogP contribution in [0, 0.1) is 11.8 Å². The molecule has 0 N–H and O–H groups in total. The zero-order valence-electron chi connectivity index (χ0n) is 11.8. The van der Waals surface area contributed by atoms with Crippen LogP contribution < -0.4 is 0 Å². The molecule has 0 bridgehead atoms. The molecule has 1 unspecified atom stereocenters. The second kappa shape index (κ2) is 6.03. The van der Waals surface area contributed by atoms with Gasteiger partial charge in [0.2, 0.25) is 5.91 Å². The molecule has 108 valence electrons. The number of alkyl halides is 1. The number of halogens is 1. The van der Waals surface area contributed by atoms with E-state index in [0.717, 1.165) is 38.1 Å². The summed E-state index contributed by atoms with van der Waals surface area (Å²) in [7, 11) is 0. The van der Waals surface area contributed by atoms with E-state index in [2.05, 4.69) is 4.90 Å². The van der Waals surface area contributed by atoms with Gasteiger partial charge in [-0.1, -0.05) is 12.8 Å². The van der Waals surface area contributed by atoms with Crippen LogP contribution in [0.25, 0.3) is 0 Å². The average molecular weight is 284 g/mol. The van der Waals surface area contributed by atoms with Crippen LogP contribution in [-0.4, -0.2) is 28.8 Å². The minimum Gasteiger partial charge on any atom is -0.339 e. The Labute approximate surface area is 121 Å². The van der Waals surface area contributed by atoms with E-state index in [1.807, 2.05) is 0 Å². The second-order valence-corrected chi connectivity index (χ2v) is 7.35. The molecule has 0 aromatic carbocycles. The number of hydrogen-bond acceptors (Lipinski definition) is 1. The maximum atomic E-state index is 12.8. The third kappa shape index (κ3) is 2.94. The molecular formula is C16H26ClNO. The van der Waals surface area contributed by atoms with Crippen molar-refractivity contribution in [1.29, 1.82) is 0 Å². The Morgan fingerprint density at radius 2 is 1.58 bits per heavy atom. The normalized spacial score (nSPS) is 36.9. The first-order valence-electron chi connectivity index (χ1n) is 8.20.